The van der Waals surface area contributed by atoms with E-state index in [1.54, 1.807) is 13.8 Å². The summed E-state index contributed by atoms with van der Waals surface area (Å²) in [6.07, 6.45) is -0.755. The number of aliphatic hydroxyl groups is 1. The normalized spacial score (nSPS) is 13.3. The van der Waals surface area contributed by atoms with Gasteiger partial charge in [-0.05, 0) is 13.8 Å². The van der Waals surface area contributed by atoms with E-state index in [1.165, 1.54) is 6.08 Å². The summed E-state index contributed by atoms with van der Waals surface area (Å²) in [6.45, 7) is 6.40. The minimum Gasteiger partial charge on any atom is -0.390 e. The molecule has 2 nitrogen and oxygen atoms in total. The molecule has 0 spiro atoms. The van der Waals surface area contributed by atoms with Crippen LogP contribution in [0, 0.1) is 29.1 Å². The molecule has 1 aromatic rings. The van der Waals surface area contributed by atoms with Crippen molar-refractivity contribution in [1.29, 1.82) is 0 Å². The van der Waals surface area contributed by atoms with Crippen LogP contribution in [0.3, 0.4) is 0 Å². The highest BCUT2D eigenvalue weighted by Crippen LogP contribution is 2.24. The van der Waals surface area contributed by atoms with Gasteiger partial charge in [0.25, 0.3) is 0 Å². The zero-order valence-corrected chi connectivity index (χ0v) is 11.5. The zero-order valence-electron chi connectivity index (χ0n) is 11.5. The monoisotopic (exact) mass is 310 g/mol. The molecule has 118 valence electrons. The molecule has 0 fully saturated rings. The Hall–Kier alpha value is -1.47. The second-order valence-corrected chi connectivity index (χ2v) is 5.02. The Kier molecular flexibility index (Phi) is 5.47. The van der Waals surface area contributed by atoms with Crippen molar-refractivity contribution in [3.05, 3.63) is 47.3 Å². The third-order valence-electron chi connectivity index (χ3n) is 2.88. The second kappa shape index (κ2) is 6.53. The lowest BCUT2D eigenvalue weighted by Crippen LogP contribution is -2.29. The summed E-state index contributed by atoms with van der Waals surface area (Å²) in [5, 5.41) is 9.63. The van der Waals surface area contributed by atoms with Gasteiger partial charge in [0, 0.05) is 12.0 Å². The van der Waals surface area contributed by atoms with Gasteiger partial charge in [-0.15, -0.1) is 6.58 Å². The van der Waals surface area contributed by atoms with E-state index in [9.17, 15) is 27.1 Å². The molecular weight excluding hydrogens is 295 g/mol. The maximum Gasteiger partial charge on any atom is 0.200 e. The smallest absolute Gasteiger partial charge is 0.200 e. The van der Waals surface area contributed by atoms with Crippen LogP contribution in [0.1, 0.15) is 19.4 Å². The summed E-state index contributed by atoms with van der Waals surface area (Å²) in [7, 11) is 0. The molecule has 0 aliphatic carbocycles. The Bertz CT molecular complexity index is 514. The average molecular weight is 310 g/mol. The van der Waals surface area contributed by atoms with Gasteiger partial charge >= 0.3 is 0 Å². The lowest BCUT2D eigenvalue weighted by molar-refractivity contribution is -0.0326. The fourth-order valence-corrected chi connectivity index (χ4v) is 1.49. The molecule has 1 unspecified atom stereocenters. The Balaban J connectivity index is 2.91. The number of hydrogen-bond donors (Lipinski definition) is 1. The van der Waals surface area contributed by atoms with Crippen LogP contribution < -0.4 is 0 Å². The topological polar surface area (TPSA) is 29.5 Å². The predicted octanol–water partition coefficient (Wildman–Crippen LogP) is 3.27. The lowest BCUT2D eigenvalue weighted by Gasteiger charge is -2.23. The van der Waals surface area contributed by atoms with E-state index < -0.39 is 52.8 Å². The number of rotatable bonds is 6. The van der Waals surface area contributed by atoms with E-state index in [0.717, 1.165) is 0 Å². The van der Waals surface area contributed by atoms with Crippen LogP contribution in [-0.2, 0) is 11.2 Å². The van der Waals surface area contributed by atoms with Gasteiger partial charge < -0.3 is 9.84 Å². The Morgan fingerprint density at radius 3 is 1.90 bits per heavy atom. The van der Waals surface area contributed by atoms with E-state index in [-0.39, 0.29) is 6.61 Å². The molecule has 0 bridgehead atoms. The van der Waals surface area contributed by atoms with Crippen molar-refractivity contribution in [3.8, 4) is 0 Å². The van der Waals surface area contributed by atoms with Gasteiger partial charge in [0.1, 0.15) is 0 Å². The molecule has 0 aliphatic rings. The molecule has 0 aliphatic heterocycles. The van der Waals surface area contributed by atoms with Gasteiger partial charge in [0.05, 0.1) is 18.3 Å². The van der Waals surface area contributed by atoms with E-state index in [1.807, 2.05) is 0 Å². The quantitative estimate of drug-likeness (QED) is 0.378. The Morgan fingerprint density at radius 1 is 1.05 bits per heavy atom. The minimum atomic E-state index is -2.23. The summed E-state index contributed by atoms with van der Waals surface area (Å²) in [5.41, 5.74) is -1.86. The maximum atomic E-state index is 13.4. The van der Waals surface area contributed by atoms with E-state index in [4.69, 9.17) is 4.74 Å². The SMILES string of the molecule is C=CC(C)(C)OCC(O)Cc1c(F)c(F)c(F)c(F)c1F. The Morgan fingerprint density at radius 2 is 1.48 bits per heavy atom. The molecule has 21 heavy (non-hydrogen) atoms. The summed E-state index contributed by atoms with van der Waals surface area (Å²) < 4.78 is 70.9. The molecule has 0 radical (unpaired) electrons. The van der Waals surface area contributed by atoms with Crippen LogP contribution in [0.15, 0.2) is 12.7 Å². The predicted molar refractivity (Wildman–Crippen MR) is 66.2 cm³/mol. The van der Waals surface area contributed by atoms with Crippen LogP contribution in [0.25, 0.3) is 0 Å². The van der Waals surface area contributed by atoms with Gasteiger partial charge in [-0.25, -0.2) is 22.0 Å². The average Bonchev–Trinajstić information content (AvgIpc) is 2.45. The van der Waals surface area contributed by atoms with E-state index in [2.05, 4.69) is 6.58 Å². The molecule has 0 heterocycles. The standard InChI is InChI=1S/C14H15F5O2/c1-4-14(2,3)21-6-7(20)5-8-9(15)11(17)13(19)12(18)10(8)16/h4,7,20H,1,5-6H2,2-3H3. The van der Waals surface area contributed by atoms with Crippen LogP contribution in [-0.4, -0.2) is 23.4 Å². The van der Waals surface area contributed by atoms with Crippen molar-refractivity contribution >= 4 is 0 Å². The first-order valence-corrected chi connectivity index (χ1v) is 6.06. The largest absolute Gasteiger partial charge is 0.390 e. The highest BCUT2D eigenvalue weighted by molar-refractivity contribution is 5.24. The molecule has 1 rings (SSSR count). The number of ether oxygens (including phenoxy) is 1. The van der Waals surface area contributed by atoms with Crippen molar-refractivity contribution in [1.82, 2.24) is 0 Å². The maximum absolute atomic E-state index is 13.4. The number of aliphatic hydroxyl groups excluding tert-OH is 1. The van der Waals surface area contributed by atoms with Crippen molar-refractivity contribution in [2.45, 2.75) is 32.0 Å². The van der Waals surface area contributed by atoms with Crippen molar-refractivity contribution in [2.75, 3.05) is 6.61 Å². The van der Waals surface area contributed by atoms with Crippen LogP contribution in [0.2, 0.25) is 0 Å². The van der Waals surface area contributed by atoms with Crippen molar-refractivity contribution < 1.29 is 31.8 Å². The molecule has 1 aromatic carbocycles. The third kappa shape index (κ3) is 4.01. The van der Waals surface area contributed by atoms with Crippen molar-refractivity contribution in [2.24, 2.45) is 0 Å². The molecule has 0 saturated carbocycles. The molecule has 0 saturated heterocycles. The molecule has 1 N–H and O–H groups in total. The summed E-state index contributed by atoms with van der Waals surface area (Å²) in [5.74, 6) is -10.2. The van der Waals surface area contributed by atoms with Crippen LogP contribution in [0.4, 0.5) is 22.0 Å². The highest BCUT2D eigenvalue weighted by Gasteiger charge is 2.27. The molecule has 7 heteroatoms. The fraction of sp³-hybridized carbons (Fsp3) is 0.429. The number of halogens is 5. The van der Waals surface area contributed by atoms with Gasteiger partial charge in [-0.2, -0.15) is 0 Å². The van der Waals surface area contributed by atoms with Gasteiger partial charge in [-0.1, -0.05) is 6.08 Å². The van der Waals surface area contributed by atoms with Crippen LogP contribution >= 0.6 is 0 Å². The Labute approximate surface area is 118 Å². The highest BCUT2D eigenvalue weighted by atomic mass is 19.2. The van der Waals surface area contributed by atoms with Gasteiger partial charge in [0.15, 0.2) is 23.3 Å². The van der Waals surface area contributed by atoms with Crippen LogP contribution in [0.5, 0.6) is 0 Å². The summed E-state index contributed by atoms with van der Waals surface area (Å²) >= 11 is 0. The van der Waals surface area contributed by atoms with Gasteiger partial charge in [0.2, 0.25) is 5.82 Å². The van der Waals surface area contributed by atoms with E-state index in [0.29, 0.717) is 0 Å². The lowest BCUT2D eigenvalue weighted by atomic mass is 10.1. The molecular formula is C14H15F5O2. The second-order valence-electron chi connectivity index (χ2n) is 5.02. The fourth-order valence-electron chi connectivity index (χ4n) is 1.49. The summed E-state index contributed by atoms with van der Waals surface area (Å²) in [6, 6.07) is 0. The number of hydrogen-bond acceptors (Lipinski definition) is 2. The first-order valence-electron chi connectivity index (χ1n) is 6.06. The third-order valence-corrected chi connectivity index (χ3v) is 2.88. The molecule has 0 amide bonds. The minimum absolute atomic E-state index is 0.349. The first kappa shape index (κ1) is 17.6. The first-order chi connectivity index (χ1) is 9.60. The number of benzene rings is 1. The van der Waals surface area contributed by atoms with E-state index >= 15 is 0 Å². The molecule has 0 aromatic heterocycles. The zero-order chi connectivity index (χ0) is 16.4. The van der Waals surface area contributed by atoms with Gasteiger partial charge in [-0.3, -0.25) is 0 Å². The van der Waals surface area contributed by atoms with Crippen molar-refractivity contribution in [3.63, 3.8) is 0 Å². The summed E-state index contributed by atoms with van der Waals surface area (Å²) in [4.78, 5) is 0. The molecule has 1 atom stereocenters.